The van der Waals surface area contributed by atoms with Crippen LogP contribution >= 0.6 is 12.4 Å². The smallest absolute Gasteiger partial charge is 0.239 e. The Hall–Kier alpha value is -2.52. The molecule has 4 bridgehead atoms. The molecule has 0 aliphatic carbocycles. The highest BCUT2D eigenvalue weighted by Crippen LogP contribution is 2.37. The summed E-state index contributed by atoms with van der Waals surface area (Å²) in [4.78, 5) is 43.4. The number of hydrogen-bond donors (Lipinski definition) is 2. The van der Waals surface area contributed by atoms with Crippen LogP contribution in [0.15, 0.2) is 12.1 Å². The Kier molecular flexibility index (Phi) is 11.5. The van der Waals surface area contributed by atoms with Crippen LogP contribution in [-0.4, -0.2) is 80.0 Å². The number of benzene rings is 1. The first-order valence-corrected chi connectivity index (χ1v) is 14.6. The molecule has 3 N–H and O–H groups in total. The van der Waals surface area contributed by atoms with Crippen LogP contribution in [0.4, 0.5) is 0 Å². The third kappa shape index (κ3) is 7.40. The van der Waals surface area contributed by atoms with E-state index in [1.165, 1.54) is 0 Å². The fraction of sp³-hybridized carbons (Fsp3) is 0.700. The van der Waals surface area contributed by atoms with E-state index in [0.717, 1.165) is 36.8 Å². The van der Waals surface area contributed by atoms with Gasteiger partial charge in [-0.1, -0.05) is 19.9 Å². The van der Waals surface area contributed by atoms with Crippen molar-refractivity contribution in [3.05, 3.63) is 23.3 Å². The second-order valence-corrected chi connectivity index (χ2v) is 11.8. The van der Waals surface area contributed by atoms with Crippen molar-refractivity contribution in [1.29, 1.82) is 0 Å². The molecular weight excluding hydrogens is 532 g/mol. The van der Waals surface area contributed by atoms with Crippen molar-refractivity contribution in [3.63, 3.8) is 0 Å². The summed E-state index contributed by atoms with van der Waals surface area (Å²) in [5, 5.41) is 3.05. The van der Waals surface area contributed by atoms with E-state index in [-0.39, 0.29) is 53.9 Å². The van der Waals surface area contributed by atoms with Gasteiger partial charge in [-0.15, -0.1) is 12.4 Å². The molecule has 0 radical (unpaired) electrons. The van der Waals surface area contributed by atoms with E-state index in [1.807, 2.05) is 24.8 Å². The van der Waals surface area contributed by atoms with Gasteiger partial charge in [0.25, 0.3) is 0 Å². The number of nitrogens with two attached hydrogens (primary N) is 1. The molecule has 2 saturated heterocycles. The minimum Gasteiger partial charge on any atom is -0.493 e. The van der Waals surface area contributed by atoms with E-state index in [4.69, 9.17) is 15.2 Å². The number of ether oxygens (including phenoxy) is 2. The van der Waals surface area contributed by atoms with E-state index < -0.39 is 6.04 Å². The van der Waals surface area contributed by atoms with Crippen molar-refractivity contribution in [3.8, 4) is 11.5 Å². The Balaban J connectivity index is 0.00000441. The predicted octanol–water partition coefficient (Wildman–Crippen LogP) is 2.95. The first-order chi connectivity index (χ1) is 18.7. The maximum atomic E-state index is 13.7. The molecule has 0 spiro atoms. The molecule has 0 aromatic heterocycles. The third-order valence-corrected chi connectivity index (χ3v) is 8.70. The Bertz CT molecular complexity index is 1050. The van der Waals surface area contributed by atoms with E-state index in [2.05, 4.69) is 16.3 Å². The lowest BCUT2D eigenvalue weighted by Crippen LogP contribution is -2.61. The quantitative estimate of drug-likeness (QED) is 0.568. The molecule has 224 valence electrons. The summed E-state index contributed by atoms with van der Waals surface area (Å²) in [6.07, 6.45) is 5.47. The predicted molar refractivity (Wildman–Crippen MR) is 157 cm³/mol. The molecule has 0 unspecified atom stereocenters. The van der Waals surface area contributed by atoms with Crippen molar-refractivity contribution in [2.75, 3.05) is 40.4 Å². The van der Waals surface area contributed by atoms with E-state index in [0.29, 0.717) is 63.4 Å². The van der Waals surface area contributed by atoms with Crippen LogP contribution in [0.25, 0.3) is 0 Å². The SMILES string of the molecule is COc1cc2cc(c1OC)CCCNC(=O)CCC[C@H]1[C@@H]3C[C@@H](CN(C(=O)[C@@H](N)C(C)C)C3)CN1C(=O)CC2.Cl. The number of methoxy groups -OCH3 is 2. The summed E-state index contributed by atoms with van der Waals surface area (Å²) < 4.78 is 11.2. The van der Waals surface area contributed by atoms with E-state index in [9.17, 15) is 14.4 Å². The number of piperidine rings is 2. The molecule has 3 aliphatic rings. The standard InChI is InChI=1S/C30H46N4O5.ClH/c1-19(2)28(31)30(37)33-16-21-14-23(18-33)24-8-5-9-26(35)32-12-6-7-22-13-20(10-11-27(36)34(24)17-21)15-25(38-3)29(22)39-4;/h13,15,19,21,23-24,28H,5-12,14,16-18,31H2,1-4H3,(H,32,35);1H/t21-,23+,24-,28-;/m0./s1. The van der Waals surface area contributed by atoms with Gasteiger partial charge in [0.1, 0.15) is 0 Å². The van der Waals surface area contributed by atoms with Crippen LogP contribution < -0.4 is 20.5 Å². The molecule has 3 amide bonds. The van der Waals surface area contributed by atoms with Gasteiger partial charge < -0.3 is 30.3 Å². The van der Waals surface area contributed by atoms with Gasteiger partial charge in [-0.05, 0) is 73.5 Å². The molecule has 40 heavy (non-hydrogen) atoms. The minimum absolute atomic E-state index is 0. The monoisotopic (exact) mass is 578 g/mol. The molecule has 4 rings (SSSR count). The van der Waals surface area contributed by atoms with Crippen LogP contribution in [0.5, 0.6) is 11.5 Å². The number of rotatable bonds is 4. The van der Waals surface area contributed by atoms with Gasteiger partial charge >= 0.3 is 0 Å². The summed E-state index contributed by atoms with van der Waals surface area (Å²) >= 11 is 0. The van der Waals surface area contributed by atoms with E-state index >= 15 is 0 Å². The van der Waals surface area contributed by atoms with Crippen molar-refractivity contribution in [2.24, 2.45) is 23.5 Å². The highest BCUT2D eigenvalue weighted by Gasteiger charge is 2.44. The Morgan fingerprint density at radius 1 is 1.02 bits per heavy atom. The number of nitrogens with one attached hydrogen (secondary N) is 1. The Morgan fingerprint density at radius 2 is 1.80 bits per heavy atom. The highest BCUT2D eigenvalue weighted by molar-refractivity contribution is 5.85. The molecule has 10 heteroatoms. The number of fused-ring (bicyclic) bond motifs is 6. The summed E-state index contributed by atoms with van der Waals surface area (Å²) in [7, 11) is 3.26. The van der Waals surface area contributed by atoms with E-state index in [1.54, 1.807) is 14.2 Å². The average Bonchev–Trinajstić information content (AvgIpc) is 2.92. The number of carbonyl (C=O) groups is 3. The largest absolute Gasteiger partial charge is 0.493 e. The lowest BCUT2D eigenvalue weighted by molar-refractivity contribution is -0.146. The van der Waals surface area contributed by atoms with Crippen LogP contribution in [0, 0.1) is 17.8 Å². The number of hydrogen-bond acceptors (Lipinski definition) is 6. The van der Waals surface area contributed by atoms with Crippen molar-refractivity contribution in [1.82, 2.24) is 15.1 Å². The molecule has 1 aromatic carbocycles. The maximum absolute atomic E-state index is 13.7. The van der Waals surface area contributed by atoms with Crippen LogP contribution in [0.3, 0.4) is 0 Å². The zero-order chi connectivity index (χ0) is 28.1. The second-order valence-electron chi connectivity index (χ2n) is 11.8. The number of halogens is 1. The van der Waals surface area contributed by atoms with Crippen molar-refractivity contribution in [2.45, 2.75) is 77.3 Å². The molecule has 4 atom stereocenters. The Labute approximate surface area is 244 Å². The molecule has 1 aromatic rings. The van der Waals surface area contributed by atoms with Crippen molar-refractivity contribution < 1.29 is 23.9 Å². The van der Waals surface area contributed by atoms with Gasteiger partial charge in [0.2, 0.25) is 17.7 Å². The molecule has 3 aliphatic heterocycles. The van der Waals surface area contributed by atoms with Crippen LogP contribution in [0.2, 0.25) is 0 Å². The minimum atomic E-state index is -0.506. The summed E-state index contributed by atoms with van der Waals surface area (Å²) in [6, 6.07) is 3.58. The molecular formula is C30H47ClN4O5. The molecule has 3 heterocycles. The van der Waals surface area contributed by atoms with Gasteiger partial charge in [-0.2, -0.15) is 0 Å². The van der Waals surface area contributed by atoms with Crippen molar-refractivity contribution >= 4 is 30.1 Å². The molecule has 0 saturated carbocycles. The number of amides is 3. The maximum Gasteiger partial charge on any atom is 0.239 e. The third-order valence-electron chi connectivity index (χ3n) is 8.70. The summed E-state index contributed by atoms with van der Waals surface area (Å²) in [5.74, 6) is 2.08. The average molecular weight is 579 g/mol. The second kappa shape index (κ2) is 14.4. The topological polar surface area (TPSA) is 114 Å². The Morgan fingerprint density at radius 3 is 2.50 bits per heavy atom. The molecule has 9 nitrogen and oxygen atoms in total. The van der Waals surface area contributed by atoms with Gasteiger partial charge in [0.15, 0.2) is 11.5 Å². The fourth-order valence-electron chi connectivity index (χ4n) is 6.58. The molecule has 2 fully saturated rings. The van der Waals surface area contributed by atoms with Crippen LogP contribution in [-0.2, 0) is 27.2 Å². The number of likely N-dealkylation sites (tertiary alicyclic amines) is 1. The lowest BCUT2D eigenvalue weighted by atomic mass is 9.77. The van der Waals surface area contributed by atoms with Gasteiger partial charge in [-0.25, -0.2) is 0 Å². The van der Waals surface area contributed by atoms with Gasteiger partial charge in [0, 0.05) is 45.1 Å². The number of carbonyl (C=O) groups excluding carboxylic acids is 3. The first kappa shape index (κ1) is 32.0. The van der Waals surface area contributed by atoms with Gasteiger partial charge in [-0.3, -0.25) is 14.4 Å². The zero-order valence-electron chi connectivity index (χ0n) is 24.4. The number of nitrogens with zero attached hydrogens (tertiary/aromatic N) is 2. The van der Waals surface area contributed by atoms with Crippen LogP contribution in [0.1, 0.15) is 63.5 Å². The normalized spacial score (nSPS) is 24.9. The summed E-state index contributed by atoms with van der Waals surface area (Å²) in [6.45, 7) is 6.46. The fourth-order valence-corrected chi connectivity index (χ4v) is 6.58. The zero-order valence-corrected chi connectivity index (χ0v) is 25.3. The lowest BCUT2D eigenvalue weighted by Gasteiger charge is -2.51. The van der Waals surface area contributed by atoms with Gasteiger partial charge in [0.05, 0.1) is 20.3 Å². The first-order valence-electron chi connectivity index (χ1n) is 14.6. The highest BCUT2D eigenvalue weighted by atomic mass is 35.5. The number of aryl methyl sites for hydroxylation is 2. The summed E-state index contributed by atoms with van der Waals surface area (Å²) in [5.41, 5.74) is 8.29.